The van der Waals surface area contributed by atoms with Crippen LogP contribution in [0.1, 0.15) is 34.3 Å². The van der Waals surface area contributed by atoms with E-state index in [1.165, 1.54) is 4.80 Å². The first kappa shape index (κ1) is 19.0. The lowest BCUT2D eigenvalue weighted by molar-refractivity contribution is 0.0378. The highest BCUT2D eigenvalue weighted by Crippen LogP contribution is 2.35. The van der Waals surface area contributed by atoms with Crippen molar-refractivity contribution in [3.05, 3.63) is 71.9 Å². The van der Waals surface area contributed by atoms with Crippen LogP contribution >= 0.6 is 0 Å². The summed E-state index contributed by atoms with van der Waals surface area (Å²) in [5, 5.41) is 12.4. The zero-order chi connectivity index (χ0) is 21.4. The molecule has 1 unspecified atom stereocenters. The number of aryl methyl sites for hydroxylation is 1. The van der Waals surface area contributed by atoms with E-state index in [1.54, 1.807) is 24.4 Å². The zero-order valence-electron chi connectivity index (χ0n) is 17.1. The number of ether oxygens (including phenoxy) is 1. The van der Waals surface area contributed by atoms with Crippen molar-refractivity contribution in [2.75, 3.05) is 13.7 Å². The molecule has 0 spiro atoms. The highest BCUT2D eigenvalue weighted by atomic mass is 16.5. The van der Waals surface area contributed by atoms with E-state index in [0.717, 1.165) is 17.5 Å². The monoisotopic (exact) mass is 416 g/mol. The number of likely N-dealkylation sites (tertiary alicyclic amines) is 1. The van der Waals surface area contributed by atoms with Crippen LogP contribution in [0.2, 0.25) is 0 Å². The average molecular weight is 416 g/mol. The van der Waals surface area contributed by atoms with Crippen LogP contribution in [0.5, 0.6) is 5.75 Å². The number of carbonyl (C=O) groups is 1. The Morgan fingerprint density at radius 3 is 2.74 bits per heavy atom. The SMILES string of the molecule is COc1cccc(-c2noc(C3CCN3C(=O)c3cc(C)ccc3-n3nccn3)n2)c1. The fourth-order valence-electron chi connectivity index (χ4n) is 3.63. The van der Waals surface area contributed by atoms with Crippen molar-refractivity contribution in [3.63, 3.8) is 0 Å². The van der Waals surface area contributed by atoms with Crippen LogP contribution in [0.4, 0.5) is 0 Å². The minimum absolute atomic E-state index is 0.117. The summed E-state index contributed by atoms with van der Waals surface area (Å²) in [6, 6.07) is 12.8. The molecular weight excluding hydrogens is 396 g/mol. The van der Waals surface area contributed by atoms with E-state index in [4.69, 9.17) is 9.26 Å². The van der Waals surface area contributed by atoms with Gasteiger partial charge in [-0.1, -0.05) is 28.9 Å². The number of aromatic nitrogens is 5. The van der Waals surface area contributed by atoms with Gasteiger partial charge < -0.3 is 14.2 Å². The van der Waals surface area contributed by atoms with Gasteiger partial charge in [-0.2, -0.15) is 20.0 Å². The van der Waals surface area contributed by atoms with Crippen molar-refractivity contribution < 1.29 is 14.1 Å². The summed E-state index contributed by atoms with van der Waals surface area (Å²) in [5.41, 5.74) is 2.94. The van der Waals surface area contributed by atoms with Crippen LogP contribution in [-0.2, 0) is 0 Å². The highest BCUT2D eigenvalue weighted by molar-refractivity contribution is 5.98. The van der Waals surface area contributed by atoms with E-state index >= 15 is 0 Å². The molecule has 0 N–H and O–H groups in total. The summed E-state index contributed by atoms with van der Waals surface area (Å²) in [6.45, 7) is 2.56. The summed E-state index contributed by atoms with van der Waals surface area (Å²) in [7, 11) is 1.61. The molecule has 1 saturated heterocycles. The Morgan fingerprint density at radius 2 is 2.00 bits per heavy atom. The Bertz CT molecular complexity index is 1230. The van der Waals surface area contributed by atoms with E-state index in [1.807, 2.05) is 49.4 Å². The van der Waals surface area contributed by atoms with Crippen molar-refractivity contribution in [2.24, 2.45) is 0 Å². The number of amides is 1. The second-order valence-corrected chi connectivity index (χ2v) is 7.33. The fraction of sp³-hybridized carbons (Fsp3) is 0.227. The minimum atomic E-state index is -0.265. The quantitative estimate of drug-likeness (QED) is 0.492. The predicted octanol–water partition coefficient (Wildman–Crippen LogP) is 3.22. The molecule has 0 bridgehead atoms. The van der Waals surface area contributed by atoms with E-state index in [0.29, 0.717) is 35.3 Å². The van der Waals surface area contributed by atoms with Gasteiger partial charge in [0.15, 0.2) is 0 Å². The van der Waals surface area contributed by atoms with E-state index in [9.17, 15) is 4.79 Å². The highest BCUT2D eigenvalue weighted by Gasteiger charge is 2.39. The molecule has 156 valence electrons. The average Bonchev–Trinajstić information content (AvgIpc) is 3.45. The van der Waals surface area contributed by atoms with Crippen LogP contribution in [0.15, 0.2) is 59.4 Å². The molecule has 31 heavy (non-hydrogen) atoms. The molecule has 1 fully saturated rings. The van der Waals surface area contributed by atoms with Gasteiger partial charge >= 0.3 is 0 Å². The number of benzene rings is 2. The Balaban J connectivity index is 1.42. The molecule has 0 radical (unpaired) electrons. The summed E-state index contributed by atoms with van der Waals surface area (Å²) in [5.74, 6) is 1.48. The summed E-state index contributed by atoms with van der Waals surface area (Å²) in [4.78, 5) is 21.1. The lowest BCUT2D eigenvalue weighted by atomic mass is 9.99. The molecule has 1 atom stereocenters. The molecule has 9 nitrogen and oxygen atoms in total. The summed E-state index contributed by atoms with van der Waals surface area (Å²) >= 11 is 0. The van der Waals surface area contributed by atoms with E-state index in [-0.39, 0.29) is 11.9 Å². The number of hydrogen-bond donors (Lipinski definition) is 0. The Kier molecular flexibility index (Phi) is 4.70. The molecule has 3 heterocycles. The van der Waals surface area contributed by atoms with Gasteiger partial charge in [-0.05, 0) is 37.6 Å². The van der Waals surface area contributed by atoms with Gasteiger partial charge in [-0.15, -0.1) is 0 Å². The van der Waals surface area contributed by atoms with Gasteiger partial charge in [0.2, 0.25) is 11.7 Å². The third-order valence-corrected chi connectivity index (χ3v) is 5.35. The maximum atomic E-state index is 13.4. The van der Waals surface area contributed by atoms with E-state index < -0.39 is 0 Å². The molecule has 2 aromatic carbocycles. The van der Waals surface area contributed by atoms with Crippen molar-refractivity contribution in [2.45, 2.75) is 19.4 Å². The fourth-order valence-corrected chi connectivity index (χ4v) is 3.63. The van der Waals surface area contributed by atoms with Crippen molar-refractivity contribution in [1.29, 1.82) is 0 Å². The number of rotatable bonds is 5. The normalized spacial score (nSPS) is 15.5. The number of methoxy groups -OCH3 is 1. The Morgan fingerprint density at radius 1 is 1.16 bits per heavy atom. The third-order valence-electron chi connectivity index (χ3n) is 5.35. The van der Waals surface area contributed by atoms with Gasteiger partial charge in [0.05, 0.1) is 30.8 Å². The molecule has 1 aliphatic rings. The first-order valence-electron chi connectivity index (χ1n) is 9.90. The second kappa shape index (κ2) is 7.67. The molecular formula is C22H20N6O3. The standard InChI is InChI=1S/C22H20N6O3/c1-14-6-7-18(28-23-9-10-24-28)17(12-14)22(29)27-11-8-19(27)21-25-20(26-31-21)15-4-3-5-16(13-15)30-2/h3-7,9-10,12-13,19H,8,11H2,1-2H3. The first-order chi connectivity index (χ1) is 15.1. The maximum Gasteiger partial charge on any atom is 0.256 e. The molecule has 4 aromatic rings. The lowest BCUT2D eigenvalue weighted by Gasteiger charge is -2.38. The van der Waals surface area contributed by atoms with Gasteiger partial charge in [-0.3, -0.25) is 4.79 Å². The lowest BCUT2D eigenvalue weighted by Crippen LogP contribution is -2.45. The van der Waals surface area contributed by atoms with Crippen LogP contribution in [-0.4, -0.2) is 49.6 Å². The second-order valence-electron chi connectivity index (χ2n) is 7.33. The Hall–Kier alpha value is -4.01. The molecule has 1 amide bonds. The van der Waals surface area contributed by atoms with Crippen LogP contribution < -0.4 is 4.74 Å². The molecule has 2 aromatic heterocycles. The largest absolute Gasteiger partial charge is 0.497 e. The molecule has 0 saturated carbocycles. The minimum Gasteiger partial charge on any atom is -0.497 e. The third kappa shape index (κ3) is 3.43. The Labute approximate surface area is 178 Å². The van der Waals surface area contributed by atoms with Crippen molar-refractivity contribution >= 4 is 5.91 Å². The predicted molar refractivity (Wildman–Crippen MR) is 111 cm³/mol. The van der Waals surface area contributed by atoms with Gasteiger partial charge in [0, 0.05) is 12.1 Å². The number of nitrogens with zero attached hydrogens (tertiary/aromatic N) is 6. The molecule has 5 rings (SSSR count). The zero-order valence-corrected chi connectivity index (χ0v) is 17.1. The molecule has 9 heteroatoms. The van der Waals surface area contributed by atoms with Crippen LogP contribution in [0, 0.1) is 6.92 Å². The molecule has 0 aliphatic carbocycles. The van der Waals surface area contributed by atoms with Crippen molar-refractivity contribution in [3.8, 4) is 22.8 Å². The van der Waals surface area contributed by atoms with Gasteiger partial charge in [0.25, 0.3) is 5.91 Å². The van der Waals surface area contributed by atoms with Gasteiger partial charge in [0.1, 0.15) is 11.8 Å². The van der Waals surface area contributed by atoms with Crippen LogP contribution in [0.3, 0.4) is 0 Å². The number of hydrogen-bond acceptors (Lipinski definition) is 7. The summed E-state index contributed by atoms with van der Waals surface area (Å²) < 4.78 is 10.8. The smallest absolute Gasteiger partial charge is 0.256 e. The topological polar surface area (TPSA) is 99.2 Å². The van der Waals surface area contributed by atoms with Crippen LogP contribution in [0.25, 0.3) is 17.1 Å². The maximum absolute atomic E-state index is 13.4. The number of carbonyl (C=O) groups excluding carboxylic acids is 1. The van der Waals surface area contributed by atoms with Gasteiger partial charge in [-0.25, -0.2) is 0 Å². The van der Waals surface area contributed by atoms with Crippen molar-refractivity contribution in [1.82, 2.24) is 30.0 Å². The molecule has 1 aliphatic heterocycles. The summed E-state index contributed by atoms with van der Waals surface area (Å²) in [6.07, 6.45) is 3.92. The first-order valence-corrected chi connectivity index (χ1v) is 9.90. The van der Waals surface area contributed by atoms with E-state index in [2.05, 4.69) is 20.3 Å².